The van der Waals surface area contributed by atoms with Crippen molar-refractivity contribution in [3.8, 4) is 0 Å². The molecular weight excluding hydrogens is 328 g/mol. The zero-order valence-electron chi connectivity index (χ0n) is 13.5. The summed E-state index contributed by atoms with van der Waals surface area (Å²) in [5.74, 6) is -6.85. The predicted octanol–water partition coefficient (Wildman–Crippen LogP) is 1.98. The highest BCUT2D eigenvalue weighted by Gasteiger charge is 2.58. The smallest absolute Gasteiger partial charge is 0.352 e. The minimum Gasteiger partial charge on any atom is -0.383 e. The quantitative estimate of drug-likeness (QED) is 0.818. The maximum Gasteiger partial charge on any atom is 0.352 e. The van der Waals surface area contributed by atoms with Crippen molar-refractivity contribution in [3.63, 3.8) is 0 Å². The first kappa shape index (κ1) is 18.7. The van der Waals surface area contributed by atoms with Gasteiger partial charge in [0, 0.05) is 32.2 Å². The summed E-state index contributed by atoms with van der Waals surface area (Å²) in [5.41, 5.74) is -2.15. The molecule has 0 unspecified atom stereocenters. The Morgan fingerprint density at radius 2 is 1.79 bits per heavy atom. The van der Waals surface area contributed by atoms with Crippen LogP contribution in [0.2, 0.25) is 0 Å². The Kier molecular flexibility index (Phi) is 5.19. The lowest BCUT2D eigenvalue weighted by Crippen LogP contribution is -2.60. The molecule has 4 nitrogen and oxygen atoms in total. The van der Waals surface area contributed by atoms with Gasteiger partial charge in [-0.05, 0) is 37.5 Å². The van der Waals surface area contributed by atoms with Crippen molar-refractivity contribution in [2.75, 3.05) is 20.1 Å². The SMILES string of the molecule is CNC(=O)C(F)(F)C1(O)CCN(Cc2c(F)cc(C)cc2F)CC1. The van der Waals surface area contributed by atoms with Crippen molar-refractivity contribution in [2.45, 2.75) is 37.8 Å². The van der Waals surface area contributed by atoms with Crippen molar-refractivity contribution >= 4 is 5.91 Å². The van der Waals surface area contributed by atoms with Crippen molar-refractivity contribution in [1.82, 2.24) is 10.2 Å². The Labute approximate surface area is 137 Å². The predicted molar refractivity (Wildman–Crippen MR) is 79.6 cm³/mol. The molecule has 8 heteroatoms. The number of likely N-dealkylation sites (tertiary alicyclic amines) is 1. The highest BCUT2D eigenvalue weighted by atomic mass is 19.3. The molecule has 1 aromatic rings. The van der Waals surface area contributed by atoms with Gasteiger partial charge in [-0.1, -0.05) is 0 Å². The van der Waals surface area contributed by atoms with Gasteiger partial charge in [0.25, 0.3) is 5.91 Å². The zero-order valence-corrected chi connectivity index (χ0v) is 13.5. The van der Waals surface area contributed by atoms with Crippen LogP contribution < -0.4 is 5.32 Å². The van der Waals surface area contributed by atoms with Crippen LogP contribution in [0.15, 0.2) is 12.1 Å². The molecule has 134 valence electrons. The van der Waals surface area contributed by atoms with E-state index in [0.717, 1.165) is 7.05 Å². The summed E-state index contributed by atoms with van der Waals surface area (Å²) in [6.07, 6.45) is -0.745. The molecule has 2 N–H and O–H groups in total. The molecule has 0 spiro atoms. The van der Waals surface area contributed by atoms with E-state index >= 15 is 0 Å². The summed E-state index contributed by atoms with van der Waals surface area (Å²) in [5, 5.41) is 12.0. The molecule has 1 aliphatic rings. The van der Waals surface area contributed by atoms with Gasteiger partial charge in [-0.25, -0.2) is 8.78 Å². The largest absolute Gasteiger partial charge is 0.383 e. The van der Waals surface area contributed by atoms with Crippen molar-refractivity contribution in [2.24, 2.45) is 0 Å². The maximum atomic E-state index is 14.0. The number of hydrogen-bond acceptors (Lipinski definition) is 3. The first-order chi connectivity index (χ1) is 11.1. The summed E-state index contributed by atoms with van der Waals surface area (Å²) in [7, 11) is 1.07. The Bertz CT molecular complexity index is 605. The van der Waals surface area contributed by atoms with Crippen LogP contribution in [0, 0.1) is 18.6 Å². The third-order valence-electron chi connectivity index (χ3n) is 4.45. The van der Waals surface area contributed by atoms with Gasteiger partial charge in [0.15, 0.2) is 0 Å². The van der Waals surface area contributed by atoms with Crippen molar-refractivity contribution < 1.29 is 27.5 Å². The molecule has 0 bridgehead atoms. The number of alkyl halides is 2. The minimum atomic E-state index is -3.92. The standard InChI is InChI=1S/C16H20F4N2O2/c1-10-7-12(17)11(13(18)8-10)9-22-5-3-15(24,4-6-22)16(19,20)14(23)21-2/h7-8,24H,3-6,9H2,1-2H3,(H,21,23). The lowest BCUT2D eigenvalue weighted by atomic mass is 9.84. The summed E-state index contributed by atoms with van der Waals surface area (Å²) >= 11 is 0. The molecule has 1 amide bonds. The Morgan fingerprint density at radius 1 is 1.29 bits per heavy atom. The van der Waals surface area contributed by atoms with E-state index in [9.17, 15) is 27.5 Å². The van der Waals surface area contributed by atoms with Crippen LogP contribution in [-0.4, -0.2) is 47.6 Å². The number of amides is 1. The fourth-order valence-corrected chi connectivity index (χ4v) is 2.87. The number of halogens is 4. The van der Waals surface area contributed by atoms with Gasteiger partial charge >= 0.3 is 5.92 Å². The fraction of sp³-hybridized carbons (Fsp3) is 0.562. The number of rotatable bonds is 4. The number of aryl methyl sites for hydroxylation is 1. The topological polar surface area (TPSA) is 52.6 Å². The Balaban J connectivity index is 2.07. The molecule has 2 rings (SSSR count). The van der Waals surface area contributed by atoms with Crippen LogP contribution in [0.1, 0.15) is 24.0 Å². The van der Waals surface area contributed by atoms with Crippen molar-refractivity contribution in [3.05, 3.63) is 34.9 Å². The van der Waals surface area contributed by atoms with Gasteiger partial charge < -0.3 is 10.4 Å². The third kappa shape index (κ3) is 3.39. The third-order valence-corrected chi connectivity index (χ3v) is 4.45. The van der Waals surface area contributed by atoms with Crippen LogP contribution in [0.25, 0.3) is 0 Å². The van der Waals surface area contributed by atoms with Crippen LogP contribution >= 0.6 is 0 Å². The molecule has 1 fully saturated rings. The van der Waals surface area contributed by atoms with E-state index in [-0.39, 0.29) is 38.0 Å². The molecule has 0 aromatic heterocycles. The molecule has 1 aliphatic heterocycles. The number of carbonyl (C=O) groups is 1. The molecule has 1 heterocycles. The van der Waals surface area contributed by atoms with E-state index in [0.29, 0.717) is 5.56 Å². The van der Waals surface area contributed by atoms with Crippen molar-refractivity contribution in [1.29, 1.82) is 0 Å². The van der Waals surface area contributed by atoms with Gasteiger partial charge in [0.2, 0.25) is 0 Å². The van der Waals surface area contributed by atoms with Gasteiger partial charge in [0.05, 0.1) is 0 Å². The minimum absolute atomic E-state index is 0.00413. The highest BCUT2D eigenvalue weighted by molar-refractivity contribution is 5.84. The van der Waals surface area contributed by atoms with Crippen LogP contribution in [0.4, 0.5) is 17.6 Å². The molecule has 1 aromatic carbocycles. The molecule has 0 saturated carbocycles. The normalized spacial score (nSPS) is 18.5. The number of aliphatic hydroxyl groups is 1. The Hall–Kier alpha value is -1.67. The second-order valence-electron chi connectivity index (χ2n) is 6.17. The summed E-state index contributed by atoms with van der Waals surface area (Å²) in [4.78, 5) is 12.9. The second kappa shape index (κ2) is 6.68. The van der Waals surface area contributed by atoms with E-state index < -0.39 is 29.1 Å². The molecular formula is C16H20F4N2O2. The van der Waals surface area contributed by atoms with E-state index in [2.05, 4.69) is 0 Å². The first-order valence-corrected chi connectivity index (χ1v) is 7.60. The lowest BCUT2D eigenvalue weighted by molar-refractivity contribution is -0.204. The zero-order chi connectivity index (χ0) is 18.1. The summed E-state index contributed by atoms with van der Waals surface area (Å²) < 4.78 is 55.8. The van der Waals surface area contributed by atoms with E-state index in [4.69, 9.17) is 0 Å². The van der Waals surface area contributed by atoms with E-state index in [1.54, 1.807) is 11.8 Å². The summed E-state index contributed by atoms with van der Waals surface area (Å²) in [6.45, 7) is 1.48. The van der Waals surface area contributed by atoms with Gasteiger partial charge in [-0.3, -0.25) is 9.69 Å². The van der Waals surface area contributed by atoms with E-state index in [1.165, 1.54) is 12.1 Å². The summed E-state index contributed by atoms with van der Waals surface area (Å²) in [6, 6.07) is 2.41. The number of hydrogen-bond donors (Lipinski definition) is 2. The molecule has 0 radical (unpaired) electrons. The molecule has 0 aliphatic carbocycles. The highest BCUT2D eigenvalue weighted by Crippen LogP contribution is 2.38. The van der Waals surface area contributed by atoms with Crippen LogP contribution in [0.5, 0.6) is 0 Å². The molecule has 0 atom stereocenters. The van der Waals surface area contributed by atoms with Crippen LogP contribution in [0.3, 0.4) is 0 Å². The monoisotopic (exact) mass is 348 g/mol. The average Bonchev–Trinajstić information content (AvgIpc) is 2.51. The van der Waals surface area contributed by atoms with Gasteiger partial charge in [-0.2, -0.15) is 8.78 Å². The Morgan fingerprint density at radius 3 is 2.25 bits per heavy atom. The first-order valence-electron chi connectivity index (χ1n) is 7.60. The number of nitrogens with zero attached hydrogens (tertiary/aromatic N) is 1. The van der Waals surface area contributed by atoms with Gasteiger partial charge in [-0.15, -0.1) is 0 Å². The van der Waals surface area contributed by atoms with Crippen LogP contribution in [-0.2, 0) is 11.3 Å². The number of piperidine rings is 1. The second-order valence-corrected chi connectivity index (χ2v) is 6.17. The number of benzene rings is 1. The number of nitrogens with one attached hydrogen (secondary N) is 1. The number of carbonyl (C=O) groups excluding carboxylic acids is 1. The average molecular weight is 348 g/mol. The maximum absolute atomic E-state index is 14.0. The molecule has 1 saturated heterocycles. The van der Waals surface area contributed by atoms with Gasteiger partial charge in [0.1, 0.15) is 17.2 Å². The molecule has 24 heavy (non-hydrogen) atoms. The fourth-order valence-electron chi connectivity index (χ4n) is 2.87. The van der Waals surface area contributed by atoms with E-state index in [1.807, 2.05) is 5.32 Å². The lowest BCUT2D eigenvalue weighted by Gasteiger charge is -2.41.